The Morgan fingerprint density at radius 2 is 1.27 bits per heavy atom. The molecule has 0 aromatic heterocycles. The first-order chi connectivity index (χ1) is 20.6. The number of anilines is 1. The summed E-state index contributed by atoms with van der Waals surface area (Å²) in [5.74, 6) is 0. The van der Waals surface area contributed by atoms with Crippen LogP contribution < -0.4 is 16.4 Å². The average Bonchev–Trinajstić information content (AvgIpc) is 3.55. The predicted octanol–water partition coefficient (Wildman–Crippen LogP) is 5.64. The molecule has 0 radical (unpaired) electrons. The fourth-order valence-corrected chi connectivity index (χ4v) is 4.58. The van der Waals surface area contributed by atoms with Crippen molar-refractivity contribution in [3.8, 4) is 0 Å². The Bertz CT molecular complexity index is 1420. The van der Waals surface area contributed by atoms with Gasteiger partial charge < -0.3 is 25.8 Å². The highest BCUT2D eigenvalue weighted by Crippen LogP contribution is 2.27. The summed E-state index contributed by atoms with van der Waals surface area (Å²) >= 11 is 0. The first-order valence-electron chi connectivity index (χ1n) is 14.8. The van der Waals surface area contributed by atoms with Crippen molar-refractivity contribution in [2.75, 3.05) is 18.8 Å². The van der Waals surface area contributed by atoms with E-state index in [2.05, 4.69) is 26.7 Å². The van der Waals surface area contributed by atoms with E-state index in [0.29, 0.717) is 38.0 Å². The number of nitrogens with zero attached hydrogens (tertiary/aromatic N) is 3. The maximum atomic E-state index is 11.5. The van der Waals surface area contributed by atoms with E-state index in [1.807, 2.05) is 39.1 Å². The van der Waals surface area contributed by atoms with Crippen molar-refractivity contribution in [3.63, 3.8) is 0 Å². The number of fused-ring (bicyclic) bond motifs is 2. The van der Waals surface area contributed by atoms with Crippen LogP contribution in [0, 0.1) is 10.1 Å². The van der Waals surface area contributed by atoms with Crippen LogP contribution in [-0.4, -0.2) is 53.8 Å². The van der Waals surface area contributed by atoms with E-state index in [0.717, 1.165) is 47.3 Å². The van der Waals surface area contributed by atoms with Gasteiger partial charge in [0.05, 0.1) is 18.0 Å². The average molecular weight is 609 g/mol. The molecule has 0 fully saturated rings. The van der Waals surface area contributed by atoms with E-state index in [4.69, 9.17) is 15.2 Å². The molecule has 0 bridgehead atoms. The number of hydrogen-bond acceptors (Lipinski definition) is 9. The second kappa shape index (κ2) is 14.8. The summed E-state index contributed by atoms with van der Waals surface area (Å²) in [6, 6.07) is 7.50. The predicted molar refractivity (Wildman–Crippen MR) is 172 cm³/mol. The van der Waals surface area contributed by atoms with Gasteiger partial charge in [0.15, 0.2) is 0 Å². The Morgan fingerprint density at radius 3 is 1.75 bits per heavy atom. The highest BCUT2D eigenvalue weighted by atomic mass is 16.6. The Labute approximate surface area is 258 Å². The third-order valence-corrected chi connectivity index (χ3v) is 6.50. The van der Waals surface area contributed by atoms with E-state index < -0.39 is 17.3 Å². The number of nitrogens with two attached hydrogens (primary N) is 1. The van der Waals surface area contributed by atoms with Crippen molar-refractivity contribution in [1.82, 2.24) is 10.6 Å². The molecule has 2 aliphatic heterocycles. The van der Waals surface area contributed by atoms with E-state index in [-0.39, 0.29) is 16.7 Å². The Kier molecular flexibility index (Phi) is 11.4. The van der Waals surface area contributed by atoms with Crippen LogP contribution in [0.2, 0.25) is 0 Å². The molecule has 2 heterocycles. The first kappa shape index (κ1) is 34.0. The monoisotopic (exact) mass is 608 g/mol. The number of nitrogens with one attached hydrogen (secondary N) is 2. The zero-order chi connectivity index (χ0) is 32.5. The molecule has 0 atom stereocenters. The molecule has 0 saturated carbocycles. The van der Waals surface area contributed by atoms with Gasteiger partial charge in [-0.3, -0.25) is 20.1 Å². The smallest absolute Gasteiger partial charge is 0.407 e. The Balaban J connectivity index is 0.000000241. The molecule has 4 rings (SSSR count). The van der Waals surface area contributed by atoms with Crippen LogP contribution in [0.5, 0.6) is 0 Å². The van der Waals surface area contributed by atoms with Crippen molar-refractivity contribution in [3.05, 3.63) is 67.8 Å². The third-order valence-electron chi connectivity index (χ3n) is 6.50. The van der Waals surface area contributed by atoms with Gasteiger partial charge in [-0.15, -0.1) is 0 Å². The van der Waals surface area contributed by atoms with Gasteiger partial charge in [-0.05, 0) is 102 Å². The number of carbonyl (C=O) groups excluding carboxylic acids is 2. The van der Waals surface area contributed by atoms with Crippen LogP contribution in [0.1, 0.15) is 87.8 Å². The van der Waals surface area contributed by atoms with Crippen molar-refractivity contribution < 1.29 is 24.0 Å². The zero-order valence-electron chi connectivity index (χ0n) is 26.5. The number of hydrogen-bond donors (Lipinski definition) is 3. The lowest BCUT2D eigenvalue weighted by Crippen LogP contribution is -2.33. The van der Waals surface area contributed by atoms with Gasteiger partial charge in [0.25, 0.3) is 5.69 Å². The summed E-state index contributed by atoms with van der Waals surface area (Å²) in [5.41, 5.74) is 11.9. The maximum Gasteiger partial charge on any atom is 0.407 e. The summed E-state index contributed by atoms with van der Waals surface area (Å²) in [7, 11) is 0. The number of carbonyl (C=O) groups is 2. The van der Waals surface area contributed by atoms with Crippen LogP contribution in [0.15, 0.2) is 34.3 Å². The highest BCUT2D eigenvalue weighted by Gasteiger charge is 2.20. The van der Waals surface area contributed by atoms with Gasteiger partial charge in [-0.1, -0.05) is 6.07 Å². The van der Waals surface area contributed by atoms with Crippen LogP contribution in [-0.2, 0) is 35.4 Å². The number of ether oxygens (including phenoxy) is 2. The summed E-state index contributed by atoms with van der Waals surface area (Å²) in [6.45, 7) is 13.2. The quantitative estimate of drug-likeness (QED) is 0.143. The van der Waals surface area contributed by atoms with Crippen LogP contribution >= 0.6 is 0 Å². The van der Waals surface area contributed by atoms with Crippen LogP contribution in [0.4, 0.5) is 21.0 Å². The molecule has 2 aromatic carbocycles. The number of alkyl carbamates (subject to hydrolysis) is 2. The summed E-state index contributed by atoms with van der Waals surface area (Å²) in [4.78, 5) is 42.2. The van der Waals surface area contributed by atoms with Gasteiger partial charge in [-0.2, -0.15) is 0 Å². The number of amides is 2. The van der Waals surface area contributed by atoms with E-state index in [1.54, 1.807) is 33.1 Å². The molecule has 238 valence electrons. The molecule has 44 heavy (non-hydrogen) atoms. The number of nitrogen functional groups attached to an aromatic ring is 1. The first-order valence-corrected chi connectivity index (χ1v) is 14.8. The van der Waals surface area contributed by atoms with E-state index in [1.165, 1.54) is 5.56 Å². The normalized spacial score (nSPS) is 13.0. The summed E-state index contributed by atoms with van der Waals surface area (Å²) in [6.07, 6.45) is 5.43. The lowest BCUT2D eigenvalue weighted by molar-refractivity contribution is -0.385. The number of nitro benzene ring substituents is 1. The minimum Gasteiger partial charge on any atom is -0.444 e. The summed E-state index contributed by atoms with van der Waals surface area (Å²) in [5, 5.41) is 16.6. The van der Waals surface area contributed by atoms with E-state index >= 15 is 0 Å². The van der Waals surface area contributed by atoms with Crippen molar-refractivity contribution >= 4 is 36.0 Å². The molecule has 12 heteroatoms. The third kappa shape index (κ3) is 11.0. The molecule has 0 unspecified atom stereocenters. The van der Waals surface area contributed by atoms with Gasteiger partial charge in [0, 0.05) is 48.4 Å². The van der Waals surface area contributed by atoms with Gasteiger partial charge in [-0.25, -0.2) is 9.59 Å². The molecule has 2 amide bonds. The largest absolute Gasteiger partial charge is 0.444 e. The summed E-state index contributed by atoms with van der Waals surface area (Å²) < 4.78 is 10.3. The number of aliphatic imine (C=N–C) groups is 2. The molecule has 12 nitrogen and oxygen atoms in total. The lowest BCUT2D eigenvalue weighted by atomic mass is 10.0. The van der Waals surface area contributed by atoms with Gasteiger partial charge in [0.2, 0.25) is 0 Å². The van der Waals surface area contributed by atoms with Crippen LogP contribution in [0.25, 0.3) is 0 Å². The fourth-order valence-electron chi connectivity index (χ4n) is 4.58. The number of aryl methyl sites for hydroxylation is 2. The lowest BCUT2D eigenvalue weighted by Gasteiger charge is -2.19. The molecule has 0 spiro atoms. The van der Waals surface area contributed by atoms with Gasteiger partial charge >= 0.3 is 12.2 Å². The molecule has 4 N–H and O–H groups in total. The Morgan fingerprint density at radius 1 is 0.818 bits per heavy atom. The second-order valence-electron chi connectivity index (χ2n) is 12.7. The molecular weight excluding hydrogens is 564 g/mol. The maximum absolute atomic E-state index is 11.5. The zero-order valence-corrected chi connectivity index (χ0v) is 26.5. The number of benzene rings is 2. The van der Waals surface area contributed by atoms with Crippen molar-refractivity contribution in [2.24, 2.45) is 9.98 Å². The number of nitro groups is 1. The van der Waals surface area contributed by atoms with Crippen molar-refractivity contribution in [1.29, 1.82) is 0 Å². The van der Waals surface area contributed by atoms with E-state index in [9.17, 15) is 19.7 Å². The Hall–Kier alpha value is -4.48. The topological polar surface area (TPSA) is 171 Å². The molecule has 0 saturated heterocycles. The molecular formula is C32H44N6O6. The number of rotatable bonds is 9. The minimum atomic E-state index is -0.539. The minimum absolute atomic E-state index is 0.106. The molecule has 2 aliphatic rings. The molecule has 2 aromatic rings. The van der Waals surface area contributed by atoms with Crippen molar-refractivity contribution in [2.45, 2.75) is 91.5 Å². The standard InChI is InChI=1S/C16H21N3O4.C16H23N3O2/c1-16(2,3)23-15(20)18-6-4-5-11-7-12-9-17-10-13(12)8-14(11)19(21)22;1-16(2,3)21-15(20)19-6-4-5-11-7-12-9-18-10-13(12)8-14(11)17/h7-8,10H,4-6,9H2,1-3H3,(H,18,20);7-8,10H,4-6,9,17H2,1-3H3,(H,19,20). The van der Waals surface area contributed by atoms with Gasteiger partial charge in [0.1, 0.15) is 11.2 Å². The fraction of sp³-hybridized carbons (Fsp3) is 0.500. The van der Waals surface area contributed by atoms with Crippen LogP contribution in [0.3, 0.4) is 0 Å². The molecule has 0 aliphatic carbocycles. The highest BCUT2D eigenvalue weighted by molar-refractivity contribution is 5.86. The SMILES string of the molecule is CC(C)(C)OC(=O)NCCCc1cc2c(cc1N)C=NC2.CC(C)(C)OC(=O)NCCCc1cc2c(cc1[N+](=O)[O-])C=NC2. The second-order valence-corrected chi connectivity index (χ2v) is 12.7.